The van der Waals surface area contributed by atoms with E-state index in [1.807, 2.05) is 61.2 Å². The molecule has 3 aromatic rings. The van der Waals surface area contributed by atoms with Gasteiger partial charge >= 0.3 is 0 Å². The van der Waals surface area contributed by atoms with Crippen LogP contribution in [0.1, 0.15) is 59.9 Å². The van der Waals surface area contributed by atoms with Crippen molar-refractivity contribution in [1.29, 1.82) is 0 Å². The highest BCUT2D eigenvalue weighted by Crippen LogP contribution is 2.21. The Kier molecular flexibility index (Phi) is 7.11. The van der Waals surface area contributed by atoms with Gasteiger partial charge in [-0.15, -0.1) is 0 Å². The molecule has 0 saturated carbocycles. The van der Waals surface area contributed by atoms with Crippen molar-refractivity contribution in [3.63, 3.8) is 0 Å². The van der Waals surface area contributed by atoms with Crippen LogP contribution in [0.15, 0.2) is 42.5 Å². The lowest BCUT2D eigenvalue weighted by atomic mass is 10.0. The van der Waals surface area contributed by atoms with E-state index in [4.69, 9.17) is 4.98 Å². The molecular formula is C27H34N4O2. The number of hydrogen-bond acceptors (Lipinski definition) is 3. The monoisotopic (exact) mass is 446 g/mol. The van der Waals surface area contributed by atoms with Crippen molar-refractivity contribution in [1.82, 2.24) is 19.8 Å². The number of fused-ring (bicyclic) bond motifs is 1. The van der Waals surface area contributed by atoms with Gasteiger partial charge in [0.05, 0.1) is 11.0 Å². The zero-order valence-electron chi connectivity index (χ0n) is 19.9. The summed E-state index contributed by atoms with van der Waals surface area (Å²) >= 11 is 0. The van der Waals surface area contributed by atoms with Crippen LogP contribution in [-0.4, -0.2) is 45.4 Å². The van der Waals surface area contributed by atoms with Gasteiger partial charge in [-0.25, -0.2) is 4.98 Å². The number of piperidine rings is 1. The van der Waals surface area contributed by atoms with Gasteiger partial charge in [0, 0.05) is 31.1 Å². The maximum atomic E-state index is 13.1. The summed E-state index contributed by atoms with van der Waals surface area (Å²) in [5.74, 6) is 1.01. The first-order chi connectivity index (χ1) is 15.9. The molecule has 0 radical (unpaired) electrons. The number of hydrogen-bond donors (Lipinski definition) is 1. The molecule has 1 unspecified atom stereocenters. The Morgan fingerprint density at radius 3 is 2.73 bits per heavy atom. The highest BCUT2D eigenvalue weighted by atomic mass is 16.2. The van der Waals surface area contributed by atoms with Crippen LogP contribution < -0.4 is 5.32 Å². The van der Waals surface area contributed by atoms with Crippen molar-refractivity contribution in [2.75, 3.05) is 13.1 Å². The molecule has 6 nitrogen and oxygen atoms in total. The normalized spacial score (nSPS) is 16.2. The third-order valence-corrected chi connectivity index (χ3v) is 6.64. The fraction of sp³-hybridized carbons (Fsp3) is 0.444. The summed E-state index contributed by atoms with van der Waals surface area (Å²) in [5.41, 5.74) is 4.75. The number of carbonyl (C=O) groups excluding carboxylic acids is 2. The van der Waals surface area contributed by atoms with Crippen molar-refractivity contribution in [3.8, 4) is 0 Å². The van der Waals surface area contributed by atoms with E-state index in [0.29, 0.717) is 31.1 Å². The number of para-hydroxylation sites is 2. The number of aromatic nitrogens is 2. The van der Waals surface area contributed by atoms with E-state index >= 15 is 0 Å². The lowest BCUT2D eigenvalue weighted by molar-refractivity contribution is -0.135. The largest absolute Gasteiger partial charge is 0.352 e. The van der Waals surface area contributed by atoms with Crippen LogP contribution >= 0.6 is 0 Å². The number of amides is 2. The van der Waals surface area contributed by atoms with Gasteiger partial charge in [0.1, 0.15) is 12.4 Å². The molecule has 2 amide bonds. The van der Waals surface area contributed by atoms with E-state index < -0.39 is 0 Å². The van der Waals surface area contributed by atoms with Gasteiger partial charge in [0.15, 0.2) is 0 Å². The van der Waals surface area contributed by atoms with Crippen molar-refractivity contribution in [2.45, 2.75) is 65.5 Å². The molecule has 1 saturated heterocycles. The Labute approximate surface area is 196 Å². The SMILES string of the molecule is Cc1ccc(C(=O)NCCCc2nc3ccccc3n2CC(=O)N2CCCCC2C)c(C)c1. The fourth-order valence-corrected chi connectivity index (χ4v) is 4.80. The summed E-state index contributed by atoms with van der Waals surface area (Å²) in [6, 6.07) is 14.1. The summed E-state index contributed by atoms with van der Waals surface area (Å²) in [6.45, 7) is 7.85. The van der Waals surface area contributed by atoms with E-state index in [1.54, 1.807) is 0 Å². The second kappa shape index (κ2) is 10.2. The number of likely N-dealkylation sites (tertiary alicyclic amines) is 1. The zero-order valence-corrected chi connectivity index (χ0v) is 19.9. The molecule has 1 fully saturated rings. The number of nitrogens with one attached hydrogen (secondary N) is 1. The minimum absolute atomic E-state index is 0.0460. The second-order valence-corrected chi connectivity index (χ2v) is 9.21. The summed E-state index contributed by atoms with van der Waals surface area (Å²) in [4.78, 5) is 32.5. The predicted octanol–water partition coefficient (Wildman–Crippen LogP) is 4.42. The van der Waals surface area contributed by atoms with Gasteiger partial charge in [-0.3, -0.25) is 9.59 Å². The van der Waals surface area contributed by atoms with Crippen LogP contribution in [0, 0.1) is 13.8 Å². The number of benzene rings is 2. The van der Waals surface area contributed by atoms with Crippen LogP contribution in [-0.2, 0) is 17.8 Å². The van der Waals surface area contributed by atoms with Crippen molar-refractivity contribution >= 4 is 22.8 Å². The molecule has 1 aliphatic heterocycles. The summed E-state index contributed by atoms with van der Waals surface area (Å²) in [5, 5.41) is 3.03. The van der Waals surface area contributed by atoms with Crippen LogP contribution in [0.5, 0.6) is 0 Å². The van der Waals surface area contributed by atoms with Crippen molar-refractivity contribution in [3.05, 3.63) is 65.0 Å². The Balaban J connectivity index is 1.42. The highest BCUT2D eigenvalue weighted by Gasteiger charge is 2.24. The van der Waals surface area contributed by atoms with Crippen LogP contribution in [0.25, 0.3) is 11.0 Å². The van der Waals surface area contributed by atoms with E-state index in [-0.39, 0.29) is 11.8 Å². The van der Waals surface area contributed by atoms with Gasteiger partial charge in [-0.2, -0.15) is 0 Å². The maximum absolute atomic E-state index is 13.1. The van der Waals surface area contributed by atoms with Gasteiger partial charge in [-0.05, 0) is 70.2 Å². The lowest BCUT2D eigenvalue weighted by Gasteiger charge is -2.33. The van der Waals surface area contributed by atoms with E-state index in [2.05, 4.69) is 16.8 Å². The summed E-state index contributed by atoms with van der Waals surface area (Å²) in [7, 11) is 0. The standard InChI is InChI=1S/C27H34N4O2/c1-19-13-14-22(20(2)17-19)27(33)28-15-8-12-25-29-23-10-4-5-11-24(23)31(25)18-26(32)30-16-7-6-9-21(30)3/h4-5,10-11,13-14,17,21H,6-9,12,15-16,18H2,1-3H3,(H,28,33). The molecule has 2 heterocycles. The van der Waals surface area contributed by atoms with Crippen molar-refractivity contribution in [2.24, 2.45) is 0 Å². The maximum Gasteiger partial charge on any atom is 0.251 e. The predicted molar refractivity (Wildman–Crippen MR) is 131 cm³/mol. The second-order valence-electron chi connectivity index (χ2n) is 9.21. The molecule has 6 heteroatoms. The van der Waals surface area contributed by atoms with Gasteiger partial charge in [-0.1, -0.05) is 29.8 Å². The number of rotatable bonds is 7. The zero-order chi connectivity index (χ0) is 23.4. The van der Waals surface area contributed by atoms with E-state index in [9.17, 15) is 9.59 Å². The molecule has 0 bridgehead atoms. The Morgan fingerprint density at radius 2 is 1.94 bits per heavy atom. The fourth-order valence-electron chi connectivity index (χ4n) is 4.80. The molecular weight excluding hydrogens is 412 g/mol. The average Bonchev–Trinajstić information content (AvgIpc) is 3.14. The number of aryl methyl sites for hydroxylation is 3. The molecule has 1 N–H and O–H groups in total. The Hall–Kier alpha value is -3.15. The first-order valence-corrected chi connectivity index (χ1v) is 12.0. The molecule has 1 aromatic heterocycles. The quantitative estimate of drug-likeness (QED) is 0.547. The number of nitrogens with zero attached hydrogens (tertiary/aromatic N) is 3. The molecule has 2 aromatic carbocycles. The van der Waals surface area contributed by atoms with Crippen LogP contribution in [0.3, 0.4) is 0 Å². The van der Waals surface area contributed by atoms with Gasteiger partial charge in [0.2, 0.25) is 5.91 Å². The first-order valence-electron chi connectivity index (χ1n) is 12.0. The van der Waals surface area contributed by atoms with E-state index in [1.165, 1.54) is 6.42 Å². The third-order valence-electron chi connectivity index (χ3n) is 6.64. The summed E-state index contributed by atoms with van der Waals surface area (Å²) < 4.78 is 2.06. The molecule has 4 rings (SSSR count). The molecule has 33 heavy (non-hydrogen) atoms. The number of carbonyl (C=O) groups is 2. The smallest absolute Gasteiger partial charge is 0.251 e. The third kappa shape index (κ3) is 5.27. The first kappa shape index (κ1) is 23.0. The molecule has 0 spiro atoms. The number of imidazole rings is 1. The van der Waals surface area contributed by atoms with Crippen molar-refractivity contribution < 1.29 is 9.59 Å². The van der Waals surface area contributed by atoms with Crippen LogP contribution in [0.2, 0.25) is 0 Å². The minimum Gasteiger partial charge on any atom is -0.352 e. The lowest BCUT2D eigenvalue weighted by Crippen LogP contribution is -2.43. The minimum atomic E-state index is -0.0460. The molecule has 1 atom stereocenters. The molecule has 1 aliphatic rings. The highest BCUT2D eigenvalue weighted by molar-refractivity contribution is 5.95. The van der Waals surface area contributed by atoms with Crippen LogP contribution in [0.4, 0.5) is 0 Å². The van der Waals surface area contributed by atoms with Gasteiger partial charge in [0.25, 0.3) is 5.91 Å². The molecule has 174 valence electrons. The molecule has 0 aliphatic carbocycles. The summed E-state index contributed by atoms with van der Waals surface area (Å²) in [6.07, 6.45) is 4.80. The topological polar surface area (TPSA) is 67.2 Å². The van der Waals surface area contributed by atoms with E-state index in [0.717, 1.165) is 53.8 Å². The van der Waals surface area contributed by atoms with Gasteiger partial charge < -0.3 is 14.8 Å². The Bertz CT molecular complexity index is 1150. The Morgan fingerprint density at radius 1 is 1.12 bits per heavy atom. The average molecular weight is 447 g/mol.